The molecule has 104 valence electrons. The van der Waals surface area contributed by atoms with Gasteiger partial charge in [-0.15, -0.1) is 0 Å². The molecule has 0 aromatic rings. The van der Waals surface area contributed by atoms with Crippen LogP contribution < -0.4 is 5.32 Å². The fourth-order valence-corrected chi connectivity index (χ4v) is 4.91. The number of rotatable bonds is 4. The van der Waals surface area contributed by atoms with Crippen molar-refractivity contribution in [1.82, 2.24) is 5.32 Å². The highest BCUT2D eigenvalue weighted by atomic mass is 32.2. The fourth-order valence-electron chi connectivity index (χ4n) is 3.62. The number of aliphatic carboxylic acids is 1. The first-order chi connectivity index (χ1) is 9.16. The molecule has 0 aromatic heterocycles. The minimum atomic E-state index is -0.826. The van der Waals surface area contributed by atoms with Crippen LogP contribution in [0.5, 0.6) is 0 Å². The molecule has 2 fully saturated rings. The number of fused-ring (bicyclic) bond motifs is 2. The predicted molar refractivity (Wildman–Crippen MR) is 73.8 cm³/mol. The molecule has 2 bridgehead atoms. The summed E-state index contributed by atoms with van der Waals surface area (Å²) in [6, 6.07) is 0. The molecule has 2 N–H and O–H groups in total. The molecular formula is C14H19NO3S. The lowest BCUT2D eigenvalue weighted by molar-refractivity contribution is -0.147. The van der Waals surface area contributed by atoms with E-state index in [1.807, 2.05) is 23.9 Å². The Balaban J connectivity index is 1.62. The first-order valence-corrected chi connectivity index (χ1v) is 8.09. The van der Waals surface area contributed by atoms with E-state index in [4.69, 9.17) is 0 Å². The van der Waals surface area contributed by atoms with Crippen molar-refractivity contribution in [2.24, 2.45) is 29.6 Å². The number of carboxylic acid groups (broad SMARTS) is 1. The summed E-state index contributed by atoms with van der Waals surface area (Å²) < 4.78 is 0. The van der Waals surface area contributed by atoms with Gasteiger partial charge in [-0.25, -0.2) is 0 Å². The molecule has 0 aromatic carbocycles. The van der Waals surface area contributed by atoms with E-state index < -0.39 is 11.9 Å². The first kappa shape index (κ1) is 13.0. The van der Waals surface area contributed by atoms with Crippen LogP contribution in [0.1, 0.15) is 12.8 Å². The van der Waals surface area contributed by atoms with Crippen LogP contribution in [0.3, 0.4) is 0 Å². The average Bonchev–Trinajstić information content (AvgIpc) is 3.10. The normalized spacial score (nSPS) is 39.7. The van der Waals surface area contributed by atoms with Gasteiger partial charge in [0.2, 0.25) is 5.91 Å². The smallest absolute Gasteiger partial charge is 0.307 e. The number of carbonyl (C=O) groups is 2. The topological polar surface area (TPSA) is 66.4 Å². The summed E-state index contributed by atoms with van der Waals surface area (Å²) >= 11 is 1.93. The molecule has 0 radical (unpaired) electrons. The molecule has 3 aliphatic rings. The summed E-state index contributed by atoms with van der Waals surface area (Å²) in [6.45, 7) is 0.704. The molecule has 0 spiro atoms. The van der Waals surface area contributed by atoms with Gasteiger partial charge in [-0.3, -0.25) is 9.59 Å². The summed E-state index contributed by atoms with van der Waals surface area (Å²) in [5.74, 6) is 1.27. The summed E-state index contributed by atoms with van der Waals surface area (Å²) in [7, 11) is 0. The van der Waals surface area contributed by atoms with Crippen molar-refractivity contribution >= 4 is 23.6 Å². The van der Waals surface area contributed by atoms with E-state index in [9.17, 15) is 14.7 Å². The zero-order valence-corrected chi connectivity index (χ0v) is 11.6. The van der Waals surface area contributed by atoms with E-state index >= 15 is 0 Å². The highest BCUT2D eigenvalue weighted by Crippen LogP contribution is 2.48. The summed E-state index contributed by atoms with van der Waals surface area (Å²) in [4.78, 5) is 23.6. The maximum absolute atomic E-state index is 12.3. The molecule has 1 saturated heterocycles. The Bertz CT molecular complexity index is 417. The Hall–Kier alpha value is -0.970. The highest BCUT2D eigenvalue weighted by molar-refractivity contribution is 7.99. The van der Waals surface area contributed by atoms with Gasteiger partial charge in [0.15, 0.2) is 0 Å². The van der Waals surface area contributed by atoms with Crippen LogP contribution in [0.2, 0.25) is 0 Å². The first-order valence-electron chi connectivity index (χ1n) is 6.93. The number of carbonyl (C=O) groups excluding carboxylic acids is 1. The van der Waals surface area contributed by atoms with Gasteiger partial charge in [0.1, 0.15) is 0 Å². The largest absolute Gasteiger partial charge is 0.481 e. The second-order valence-electron chi connectivity index (χ2n) is 5.81. The van der Waals surface area contributed by atoms with Crippen LogP contribution in [0, 0.1) is 29.6 Å². The standard InChI is InChI=1S/C14H19NO3S/c16-13(15-6-8-3-4-19-7-8)11-9-1-2-10(5-9)12(11)14(17)18/h1-2,8-12H,3-7H2,(H,15,16)(H,17,18)/t8?,9?,10?,11-,12+/m0/s1. The Kier molecular flexibility index (Phi) is 3.56. The average molecular weight is 281 g/mol. The molecule has 1 aliphatic heterocycles. The van der Waals surface area contributed by atoms with Gasteiger partial charge in [-0.2, -0.15) is 11.8 Å². The maximum Gasteiger partial charge on any atom is 0.307 e. The third-order valence-electron chi connectivity index (χ3n) is 4.64. The van der Waals surface area contributed by atoms with Crippen molar-refractivity contribution < 1.29 is 14.7 Å². The lowest BCUT2D eigenvalue weighted by atomic mass is 9.82. The minimum Gasteiger partial charge on any atom is -0.481 e. The van der Waals surface area contributed by atoms with Gasteiger partial charge in [0, 0.05) is 6.54 Å². The second kappa shape index (κ2) is 5.19. The van der Waals surface area contributed by atoms with Crippen LogP contribution in [0.15, 0.2) is 12.2 Å². The van der Waals surface area contributed by atoms with Crippen molar-refractivity contribution in [1.29, 1.82) is 0 Å². The van der Waals surface area contributed by atoms with Crippen molar-refractivity contribution in [3.8, 4) is 0 Å². The van der Waals surface area contributed by atoms with Gasteiger partial charge >= 0.3 is 5.97 Å². The molecule has 19 heavy (non-hydrogen) atoms. The second-order valence-corrected chi connectivity index (χ2v) is 6.96. The maximum atomic E-state index is 12.3. The van der Waals surface area contributed by atoms with Gasteiger partial charge in [-0.05, 0) is 42.1 Å². The summed E-state index contributed by atoms with van der Waals surface area (Å²) in [5.41, 5.74) is 0. The lowest BCUT2D eigenvalue weighted by Crippen LogP contribution is -2.41. The van der Waals surface area contributed by atoms with E-state index in [1.54, 1.807) is 0 Å². The molecule has 1 heterocycles. The Morgan fingerprint density at radius 2 is 2.00 bits per heavy atom. The number of amides is 1. The summed E-state index contributed by atoms with van der Waals surface area (Å²) in [6.07, 6.45) is 5.98. The number of thioether (sulfide) groups is 1. The van der Waals surface area contributed by atoms with Gasteiger partial charge < -0.3 is 10.4 Å². The van der Waals surface area contributed by atoms with Gasteiger partial charge in [0.25, 0.3) is 0 Å². The fraction of sp³-hybridized carbons (Fsp3) is 0.714. The SMILES string of the molecule is O=C(O)[C@@H]1C2C=CC(C2)[C@@H]1C(=O)NCC1CCSC1. The number of hydrogen-bond acceptors (Lipinski definition) is 3. The van der Waals surface area contributed by atoms with Crippen LogP contribution in [-0.2, 0) is 9.59 Å². The molecule has 5 atom stereocenters. The zero-order valence-electron chi connectivity index (χ0n) is 10.7. The Morgan fingerprint density at radius 3 is 2.63 bits per heavy atom. The predicted octanol–water partition coefficient (Wildman–Crippen LogP) is 1.38. The van der Waals surface area contributed by atoms with Gasteiger partial charge in [-0.1, -0.05) is 12.2 Å². The van der Waals surface area contributed by atoms with Crippen LogP contribution >= 0.6 is 11.8 Å². The number of allylic oxidation sites excluding steroid dienone is 2. The highest BCUT2D eigenvalue weighted by Gasteiger charge is 2.51. The molecule has 2 aliphatic carbocycles. The van der Waals surface area contributed by atoms with E-state index in [0.717, 1.165) is 18.6 Å². The third-order valence-corrected chi connectivity index (χ3v) is 5.87. The molecule has 4 nitrogen and oxygen atoms in total. The lowest BCUT2D eigenvalue weighted by Gasteiger charge is -2.24. The molecule has 3 rings (SSSR count). The van der Waals surface area contributed by atoms with Crippen LogP contribution in [-0.4, -0.2) is 35.0 Å². The monoisotopic (exact) mass is 281 g/mol. The van der Waals surface area contributed by atoms with E-state index in [0.29, 0.717) is 12.5 Å². The number of carboxylic acids is 1. The molecule has 1 amide bonds. The van der Waals surface area contributed by atoms with E-state index in [1.165, 1.54) is 5.75 Å². The van der Waals surface area contributed by atoms with Gasteiger partial charge in [0.05, 0.1) is 11.8 Å². The quantitative estimate of drug-likeness (QED) is 0.764. The van der Waals surface area contributed by atoms with Crippen molar-refractivity contribution in [2.75, 3.05) is 18.1 Å². The van der Waals surface area contributed by atoms with E-state index in [2.05, 4.69) is 5.32 Å². The molecule has 3 unspecified atom stereocenters. The van der Waals surface area contributed by atoms with Crippen LogP contribution in [0.4, 0.5) is 0 Å². The minimum absolute atomic E-state index is 0.0545. The molecular weight excluding hydrogens is 262 g/mol. The van der Waals surface area contributed by atoms with E-state index in [-0.39, 0.29) is 23.7 Å². The van der Waals surface area contributed by atoms with Crippen molar-refractivity contribution in [3.05, 3.63) is 12.2 Å². The molecule has 5 heteroatoms. The van der Waals surface area contributed by atoms with Crippen LogP contribution in [0.25, 0.3) is 0 Å². The van der Waals surface area contributed by atoms with Crippen molar-refractivity contribution in [3.63, 3.8) is 0 Å². The van der Waals surface area contributed by atoms with Crippen molar-refractivity contribution in [2.45, 2.75) is 12.8 Å². The number of nitrogens with one attached hydrogen (secondary N) is 1. The number of hydrogen-bond donors (Lipinski definition) is 2. The zero-order chi connectivity index (χ0) is 13.4. The Labute approximate surface area is 117 Å². The third kappa shape index (κ3) is 2.40. The molecule has 1 saturated carbocycles. The summed E-state index contributed by atoms with van der Waals surface area (Å²) in [5, 5.41) is 12.3. The Morgan fingerprint density at radius 1 is 1.26 bits per heavy atom.